The summed E-state index contributed by atoms with van der Waals surface area (Å²) in [5, 5.41) is 17.4. The number of para-hydroxylation sites is 1. The molecule has 0 aliphatic carbocycles. The number of thiazole rings is 1. The van der Waals surface area contributed by atoms with Gasteiger partial charge in [0.15, 0.2) is 10.8 Å². The first-order valence-corrected chi connectivity index (χ1v) is 10.6. The fraction of sp³-hybridized carbons (Fsp3) is 0.0909. The molecule has 0 atom stereocenters. The van der Waals surface area contributed by atoms with Gasteiger partial charge in [0, 0.05) is 23.5 Å². The Hall–Kier alpha value is -3.98. The highest BCUT2D eigenvalue weighted by atomic mass is 32.1. The van der Waals surface area contributed by atoms with Gasteiger partial charge in [-0.25, -0.2) is 9.67 Å². The minimum Gasteiger partial charge on any atom is -0.331 e. The van der Waals surface area contributed by atoms with E-state index in [1.807, 2.05) is 60.1 Å². The molecule has 0 spiro atoms. The van der Waals surface area contributed by atoms with Crippen LogP contribution in [0.3, 0.4) is 0 Å². The number of nitrogens with one attached hydrogen (secondary N) is 2. The lowest BCUT2D eigenvalue weighted by Gasteiger charge is -2.07. The molecule has 152 valence electrons. The molecule has 2 aromatic carbocycles. The molecule has 0 saturated carbocycles. The summed E-state index contributed by atoms with van der Waals surface area (Å²) in [6, 6.07) is 15.8. The van der Waals surface area contributed by atoms with Crippen molar-refractivity contribution in [2.75, 3.05) is 5.32 Å². The molecule has 4 aromatic heterocycles. The molecule has 0 bridgehead atoms. The van der Waals surface area contributed by atoms with Crippen LogP contribution in [0.2, 0.25) is 0 Å². The third kappa shape index (κ3) is 2.82. The van der Waals surface area contributed by atoms with Crippen LogP contribution in [0.5, 0.6) is 0 Å². The van der Waals surface area contributed by atoms with E-state index in [4.69, 9.17) is 4.98 Å². The summed E-state index contributed by atoms with van der Waals surface area (Å²) in [5.41, 5.74) is 4.14. The smallest absolute Gasteiger partial charge is 0.291 e. The second-order valence-electron chi connectivity index (χ2n) is 7.34. The van der Waals surface area contributed by atoms with Crippen LogP contribution in [0.1, 0.15) is 5.56 Å². The third-order valence-electron chi connectivity index (χ3n) is 5.45. The van der Waals surface area contributed by atoms with Crippen molar-refractivity contribution in [3.05, 3.63) is 76.8 Å². The Labute approximate surface area is 179 Å². The zero-order chi connectivity index (χ0) is 20.9. The molecular weight excluding hydrogens is 410 g/mol. The van der Waals surface area contributed by atoms with Crippen molar-refractivity contribution in [1.82, 2.24) is 29.5 Å². The Morgan fingerprint density at radius 3 is 2.81 bits per heavy atom. The van der Waals surface area contributed by atoms with E-state index in [0.29, 0.717) is 12.1 Å². The van der Waals surface area contributed by atoms with Crippen LogP contribution < -0.4 is 10.9 Å². The average Bonchev–Trinajstić information content (AvgIpc) is 3.48. The number of aromatic amines is 1. The van der Waals surface area contributed by atoms with E-state index < -0.39 is 0 Å². The van der Waals surface area contributed by atoms with E-state index in [1.54, 1.807) is 12.4 Å². The van der Waals surface area contributed by atoms with Crippen molar-refractivity contribution < 1.29 is 0 Å². The second-order valence-corrected chi connectivity index (χ2v) is 8.34. The number of H-pyrrole nitrogens is 1. The van der Waals surface area contributed by atoms with Crippen LogP contribution in [0, 0.1) is 0 Å². The summed E-state index contributed by atoms with van der Waals surface area (Å²) >= 11 is 1.52. The van der Waals surface area contributed by atoms with Crippen LogP contribution >= 0.6 is 11.3 Å². The largest absolute Gasteiger partial charge is 0.331 e. The molecular formula is C22H17N7OS. The Bertz CT molecular complexity index is 1620. The van der Waals surface area contributed by atoms with Gasteiger partial charge in [-0.3, -0.25) is 9.89 Å². The third-order valence-corrected chi connectivity index (χ3v) is 6.44. The van der Waals surface area contributed by atoms with Gasteiger partial charge in [-0.05, 0) is 23.8 Å². The summed E-state index contributed by atoms with van der Waals surface area (Å²) in [4.78, 5) is 18.0. The van der Waals surface area contributed by atoms with Gasteiger partial charge in [-0.1, -0.05) is 41.7 Å². The maximum absolute atomic E-state index is 13.3. The molecule has 6 rings (SSSR count). The van der Waals surface area contributed by atoms with E-state index in [2.05, 4.69) is 20.6 Å². The first-order chi connectivity index (χ1) is 15.2. The molecule has 0 aliphatic rings. The summed E-state index contributed by atoms with van der Waals surface area (Å²) < 4.78 is 4.30. The monoisotopic (exact) mass is 427 g/mol. The fourth-order valence-corrected chi connectivity index (χ4v) is 4.96. The van der Waals surface area contributed by atoms with Crippen molar-refractivity contribution in [3.8, 4) is 0 Å². The topological polar surface area (TPSA) is 93.4 Å². The van der Waals surface area contributed by atoms with Gasteiger partial charge >= 0.3 is 0 Å². The Morgan fingerprint density at radius 1 is 1.06 bits per heavy atom. The van der Waals surface area contributed by atoms with Crippen LogP contribution in [-0.2, 0) is 13.6 Å². The second kappa shape index (κ2) is 6.78. The number of hydrogen-bond acceptors (Lipinski definition) is 6. The molecule has 0 aliphatic heterocycles. The molecule has 0 fully saturated rings. The average molecular weight is 427 g/mol. The Kier molecular flexibility index (Phi) is 3.90. The van der Waals surface area contributed by atoms with Gasteiger partial charge in [0.2, 0.25) is 0 Å². The fourth-order valence-electron chi connectivity index (χ4n) is 3.93. The number of benzene rings is 2. The molecule has 6 aromatic rings. The quantitative estimate of drug-likeness (QED) is 0.443. The number of fused-ring (bicyclic) bond motifs is 4. The van der Waals surface area contributed by atoms with Crippen molar-refractivity contribution >= 4 is 54.3 Å². The first kappa shape index (κ1) is 17.8. The van der Waals surface area contributed by atoms with Crippen LogP contribution in [0.25, 0.3) is 32.2 Å². The van der Waals surface area contributed by atoms with Crippen molar-refractivity contribution in [2.24, 2.45) is 7.05 Å². The minimum atomic E-state index is -0.136. The number of nitrogens with zero attached hydrogens (tertiary/aromatic N) is 5. The van der Waals surface area contributed by atoms with Crippen LogP contribution in [0.15, 0.2) is 65.7 Å². The lowest BCUT2D eigenvalue weighted by Crippen LogP contribution is -2.24. The molecule has 9 heteroatoms. The standard InChI is InChI=1S/C22H17N7OS/c1-28-18-16(19-20(28)26-22(31-19)25-14-7-3-2-4-8-14)11-24-29(21(18)30)12-13-6-5-9-17-15(13)10-23-27-17/h2-11H,12H2,1H3,(H,23,27)(H,25,26). The Balaban J connectivity index is 1.43. The van der Waals surface area contributed by atoms with Gasteiger partial charge in [0.05, 0.1) is 29.2 Å². The number of rotatable bonds is 4. The number of anilines is 2. The highest BCUT2D eigenvalue weighted by Gasteiger charge is 2.18. The summed E-state index contributed by atoms with van der Waals surface area (Å²) in [5.74, 6) is 0. The van der Waals surface area contributed by atoms with Crippen LogP contribution in [0.4, 0.5) is 10.8 Å². The van der Waals surface area contributed by atoms with Crippen LogP contribution in [-0.4, -0.2) is 29.5 Å². The normalized spacial score (nSPS) is 11.6. The molecule has 8 nitrogen and oxygen atoms in total. The number of aryl methyl sites for hydroxylation is 1. The molecule has 0 saturated heterocycles. The van der Waals surface area contributed by atoms with Gasteiger partial charge < -0.3 is 9.88 Å². The molecule has 0 unspecified atom stereocenters. The van der Waals surface area contributed by atoms with Gasteiger partial charge in [0.25, 0.3) is 5.56 Å². The molecule has 4 heterocycles. The van der Waals surface area contributed by atoms with Crippen molar-refractivity contribution in [1.29, 1.82) is 0 Å². The van der Waals surface area contributed by atoms with E-state index in [-0.39, 0.29) is 5.56 Å². The highest BCUT2D eigenvalue weighted by Crippen LogP contribution is 2.34. The van der Waals surface area contributed by atoms with Gasteiger partial charge in [-0.2, -0.15) is 10.2 Å². The zero-order valence-corrected chi connectivity index (χ0v) is 17.3. The van der Waals surface area contributed by atoms with Gasteiger partial charge in [0.1, 0.15) is 5.52 Å². The van der Waals surface area contributed by atoms with Crippen molar-refractivity contribution in [2.45, 2.75) is 6.54 Å². The molecule has 2 N–H and O–H groups in total. The SMILES string of the molecule is Cn1c2nc(Nc3ccccc3)sc2c2cnn(Cc3cccc4[nH]ncc34)c(=O)c21. The maximum Gasteiger partial charge on any atom is 0.291 e. The first-order valence-electron chi connectivity index (χ1n) is 9.77. The van der Waals surface area contributed by atoms with E-state index >= 15 is 0 Å². The highest BCUT2D eigenvalue weighted by molar-refractivity contribution is 7.23. The number of aromatic nitrogens is 6. The summed E-state index contributed by atoms with van der Waals surface area (Å²) in [7, 11) is 1.87. The summed E-state index contributed by atoms with van der Waals surface area (Å²) in [6.07, 6.45) is 3.54. The predicted molar refractivity (Wildman–Crippen MR) is 123 cm³/mol. The lowest BCUT2D eigenvalue weighted by molar-refractivity contribution is 0.647. The predicted octanol–water partition coefficient (Wildman–Crippen LogP) is 4.01. The zero-order valence-electron chi connectivity index (χ0n) is 16.5. The molecule has 0 radical (unpaired) electrons. The maximum atomic E-state index is 13.3. The van der Waals surface area contributed by atoms with E-state index in [0.717, 1.165) is 43.0 Å². The Morgan fingerprint density at radius 2 is 1.94 bits per heavy atom. The summed E-state index contributed by atoms with van der Waals surface area (Å²) in [6.45, 7) is 0.374. The minimum absolute atomic E-state index is 0.136. The van der Waals surface area contributed by atoms with Gasteiger partial charge in [-0.15, -0.1) is 0 Å². The van der Waals surface area contributed by atoms with E-state index in [9.17, 15) is 4.79 Å². The molecule has 31 heavy (non-hydrogen) atoms. The number of hydrogen-bond donors (Lipinski definition) is 2. The van der Waals surface area contributed by atoms with Crippen molar-refractivity contribution in [3.63, 3.8) is 0 Å². The molecule has 0 amide bonds. The lowest BCUT2D eigenvalue weighted by atomic mass is 10.1. The van der Waals surface area contributed by atoms with E-state index in [1.165, 1.54) is 16.0 Å².